The van der Waals surface area contributed by atoms with Crippen molar-refractivity contribution in [3.8, 4) is 0 Å². The molecule has 0 aliphatic heterocycles. The number of rotatable bonds is 4. The van der Waals surface area contributed by atoms with Gasteiger partial charge in [-0.1, -0.05) is 47.2 Å². The van der Waals surface area contributed by atoms with Crippen LogP contribution >= 0.6 is 7.92 Å². The molecular formula is C10H19P. The summed E-state index contributed by atoms with van der Waals surface area (Å²) in [4.78, 5) is 0. The van der Waals surface area contributed by atoms with E-state index in [1.165, 1.54) is 6.16 Å². The van der Waals surface area contributed by atoms with Crippen molar-refractivity contribution in [3.05, 3.63) is 25.1 Å². The summed E-state index contributed by atoms with van der Waals surface area (Å²) in [5.74, 6) is 2.12. The predicted molar refractivity (Wildman–Crippen MR) is 56.6 cm³/mol. The first kappa shape index (κ1) is 10.9. The van der Waals surface area contributed by atoms with E-state index in [4.69, 9.17) is 0 Å². The molecule has 1 atom stereocenters. The fraction of sp³-hybridized carbons (Fsp3) is 0.600. The molecule has 0 aromatic rings. The van der Waals surface area contributed by atoms with Crippen LogP contribution in [-0.2, 0) is 0 Å². The normalized spacial score (nSPS) is 14.1. The molecular weight excluding hydrogens is 151 g/mol. The molecule has 1 heteroatoms. The Morgan fingerprint density at radius 3 is 2.09 bits per heavy atom. The lowest BCUT2D eigenvalue weighted by molar-refractivity contribution is 0.785. The Labute approximate surface area is 72.1 Å². The molecule has 0 radical (unpaired) electrons. The third-order valence-corrected chi connectivity index (χ3v) is 4.56. The lowest BCUT2D eigenvalue weighted by Crippen LogP contribution is -2.11. The monoisotopic (exact) mass is 170 g/mol. The standard InChI is InChI=1S/C10H19P/c1-6-8-9-11(7-2)10(3,4)5/h6-7H,1-2,8-9H2,3-5H3. The second-order valence-electron chi connectivity index (χ2n) is 3.62. The Hall–Kier alpha value is -0.0900. The van der Waals surface area contributed by atoms with Crippen molar-refractivity contribution in [3.63, 3.8) is 0 Å². The van der Waals surface area contributed by atoms with Crippen LogP contribution in [0.1, 0.15) is 27.2 Å². The van der Waals surface area contributed by atoms with Crippen LogP contribution in [0, 0.1) is 0 Å². The van der Waals surface area contributed by atoms with Crippen LogP contribution in [0.5, 0.6) is 0 Å². The highest BCUT2D eigenvalue weighted by atomic mass is 31.1. The molecule has 0 spiro atoms. The average Bonchev–Trinajstić information content (AvgIpc) is 1.87. The van der Waals surface area contributed by atoms with Crippen LogP contribution in [0.2, 0.25) is 0 Å². The molecule has 0 saturated carbocycles. The van der Waals surface area contributed by atoms with Gasteiger partial charge in [0.2, 0.25) is 0 Å². The van der Waals surface area contributed by atoms with E-state index in [2.05, 4.69) is 39.7 Å². The van der Waals surface area contributed by atoms with Crippen LogP contribution < -0.4 is 0 Å². The Balaban J connectivity index is 3.95. The Morgan fingerprint density at radius 2 is 1.82 bits per heavy atom. The van der Waals surface area contributed by atoms with E-state index in [0.717, 1.165) is 6.42 Å². The average molecular weight is 170 g/mol. The van der Waals surface area contributed by atoms with Gasteiger partial charge in [-0.05, 0) is 17.7 Å². The van der Waals surface area contributed by atoms with E-state index >= 15 is 0 Å². The van der Waals surface area contributed by atoms with Gasteiger partial charge in [0.15, 0.2) is 0 Å². The first-order valence-corrected chi connectivity index (χ1v) is 5.62. The highest BCUT2D eigenvalue weighted by molar-refractivity contribution is 7.62. The summed E-state index contributed by atoms with van der Waals surface area (Å²) < 4.78 is 0. The lowest BCUT2D eigenvalue weighted by Gasteiger charge is -2.28. The quantitative estimate of drug-likeness (QED) is 0.442. The summed E-state index contributed by atoms with van der Waals surface area (Å²) in [7, 11) is -0.0127. The van der Waals surface area contributed by atoms with Gasteiger partial charge in [0.05, 0.1) is 0 Å². The van der Waals surface area contributed by atoms with E-state index in [-0.39, 0.29) is 7.92 Å². The van der Waals surface area contributed by atoms with E-state index < -0.39 is 0 Å². The maximum Gasteiger partial charge on any atom is -0.0145 e. The minimum Gasteiger partial charge on any atom is -0.103 e. The summed E-state index contributed by atoms with van der Waals surface area (Å²) in [5, 5.41) is 0.417. The zero-order valence-electron chi connectivity index (χ0n) is 7.93. The Morgan fingerprint density at radius 1 is 1.27 bits per heavy atom. The van der Waals surface area contributed by atoms with E-state index in [1.54, 1.807) is 0 Å². The zero-order chi connectivity index (χ0) is 8.91. The van der Waals surface area contributed by atoms with Crippen LogP contribution in [0.15, 0.2) is 25.1 Å². The second-order valence-corrected chi connectivity index (χ2v) is 6.72. The van der Waals surface area contributed by atoms with Gasteiger partial charge in [0.25, 0.3) is 0 Å². The third kappa shape index (κ3) is 4.37. The van der Waals surface area contributed by atoms with Crippen molar-refractivity contribution in [2.75, 3.05) is 6.16 Å². The topological polar surface area (TPSA) is 0 Å². The molecule has 11 heavy (non-hydrogen) atoms. The maximum atomic E-state index is 3.87. The minimum atomic E-state index is -0.0127. The molecule has 0 heterocycles. The lowest BCUT2D eigenvalue weighted by atomic mass is 10.3. The summed E-state index contributed by atoms with van der Waals surface area (Å²) in [6.45, 7) is 14.4. The highest BCUT2D eigenvalue weighted by Gasteiger charge is 2.19. The molecule has 0 saturated heterocycles. The maximum absolute atomic E-state index is 3.87. The van der Waals surface area contributed by atoms with Crippen molar-refractivity contribution >= 4 is 7.92 Å². The van der Waals surface area contributed by atoms with Gasteiger partial charge >= 0.3 is 0 Å². The van der Waals surface area contributed by atoms with Crippen molar-refractivity contribution < 1.29 is 0 Å². The highest BCUT2D eigenvalue weighted by Crippen LogP contribution is 2.50. The molecule has 0 aromatic carbocycles. The minimum absolute atomic E-state index is 0.0127. The third-order valence-electron chi connectivity index (χ3n) is 1.66. The van der Waals surface area contributed by atoms with E-state index in [0.29, 0.717) is 5.16 Å². The van der Waals surface area contributed by atoms with Crippen LogP contribution in [0.3, 0.4) is 0 Å². The van der Waals surface area contributed by atoms with Crippen LogP contribution in [-0.4, -0.2) is 11.3 Å². The molecule has 0 aromatic heterocycles. The van der Waals surface area contributed by atoms with Gasteiger partial charge in [0, 0.05) is 0 Å². The van der Waals surface area contributed by atoms with Crippen molar-refractivity contribution in [1.82, 2.24) is 0 Å². The molecule has 0 aliphatic carbocycles. The van der Waals surface area contributed by atoms with Crippen LogP contribution in [0.4, 0.5) is 0 Å². The smallest absolute Gasteiger partial charge is 0.0145 e. The van der Waals surface area contributed by atoms with Gasteiger partial charge in [-0.25, -0.2) is 0 Å². The van der Waals surface area contributed by atoms with Gasteiger partial charge in [-0.15, -0.1) is 6.58 Å². The Kier molecular flexibility index (Phi) is 4.68. The summed E-state index contributed by atoms with van der Waals surface area (Å²) in [6.07, 6.45) is 4.35. The van der Waals surface area contributed by atoms with Gasteiger partial charge in [0.1, 0.15) is 0 Å². The van der Waals surface area contributed by atoms with E-state index in [1.807, 2.05) is 6.08 Å². The number of allylic oxidation sites excluding steroid dienone is 1. The first-order chi connectivity index (χ1) is 5.02. The second kappa shape index (κ2) is 4.72. The van der Waals surface area contributed by atoms with Gasteiger partial charge in [-0.2, -0.15) is 0 Å². The van der Waals surface area contributed by atoms with Crippen molar-refractivity contribution in [2.45, 2.75) is 32.3 Å². The van der Waals surface area contributed by atoms with Crippen molar-refractivity contribution in [1.29, 1.82) is 0 Å². The summed E-state index contributed by atoms with van der Waals surface area (Å²) in [5.41, 5.74) is 0. The number of hydrogen-bond donors (Lipinski definition) is 0. The largest absolute Gasteiger partial charge is 0.103 e. The fourth-order valence-electron chi connectivity index (χ4n) is 0.931. The summed E-state index contributed by atoms with van der Waals surface area (Å²) in [6, 6.07) is 0. The number of hydrogen-bond acceptors (Lipinski definition) is 0. The molecule has 0 fully saturated rings. The van der Waals surface area contributed by atoms with Gasteiger partial charge in [-0.3, -0.25) is 0 Å². The van der Waals surface area contributed by atoms with Crippen molar-refractivity contribution in [2.24, 2.45) is 0 Å². The summed E-state index contributed by atoms with van der Waals surface area (Å²) >= 11 is 0. The van der Waals surface area contributed by atoms with Gasteiger partial charge < -0.3 is 0 Å². The zero-order valence-corrected chi connectivity index (χ0v) is 8.82. The fourth-order valence-corrected chi connectivity index (χ4v) is 2.79. The molecule has 0 aliphatic rings. The first-order valence-electron chi connectivity index (χ1n) is 4.02. The predicted octanol–water partition coefficient (Wildman–Crippen LogP) is 3.99. The molecule has 64 valence electrons. The molecule has 0 rings (SSSR count). The molecule has 0 N–H and O–H groups in total. The molecule has 1 unspecified atom stereocenters. The Bertz CT molecular complexity index is 130. The molecule has 0 amide bonds. The SMILES string of the molecule is C=CCCP(C=C)C(C)(C)C. The van der Waals surface area contributed by atoms with Crippen LogP contribution in [0.25, 0.3) is 0 Å². The molecule has 0 nitrogen and oxygen atoms in total. The van der Waals surface area contributed by atoms with E-state index in [9.17, 15) is 0 Å². The molecule has 0 bridgehead atoms.